The van der Waals surface area contributed by atoms with Gasteiger partial charge < -0.3 is 14.5 Å². The van der Waals surface area contributed by atoms with E-state index in [1.807, 2.05) is 37.3 Å². The Morgan fingerprint density at radius 3 is 2.42 bits per heavy atom. The van der Waals surface area contributed by atoms with Crippen LogP contribution in [0.4, 0.5) is 0 Å². The molecule has 0 atom stereocenters. The highest BCUT2D eigenvalue weighted by molar-refractivity contribution is 5.92. The fraction of sp³-hybridized carbons (Fsp3) is 0.480. The van der Waals surface area contributed by atoms with Crippen LogP contribution in [0.1, 0.15) is 47.9 Å². The average molecular weight is 453 g/mol. The number of carbonyl (C=O) groups excluding carboxylic acids is 3. The molecular weight excluding hydrogens is 420 g/mol. The summed E-state index contributed by atoms with van der Waals surface area (Å²) in [6.07, 6.45) is 5.19. The van der Waals surface area contributed by atoms with E-state index in [0.29, 0.717) is 52.0 Å². The van der Waals surface area contributed by atoms with Crippen molar-refractivity contribution in [2.75, 3.05) is 32.8 Å². The summed E-state index contributed by atoms with van der Waals surface area (Å²) in [6.45, 7) is 5.83. The number of hydrogen-bond acceptors (Lipinski definition) is 6. The molecule has 1 aromatic heterocycles. The number of aromatic nitrogens is 2. The highest BCUT2D eigenvalue weighted by atomic mass is 16.5. The van der Waals surface area contributed by atoms with Gasteiger partial charge in [0.25, 0.3) is 5.91 Å². The number of amides is 2. The molecule has 0 bridgehead atoms. The van der Waals surface area contributed by atoms with Gasteiger partial charge in [-0.3, -0.25) is 19.4 Å². The van der Waals surface area contributed by atoms with Crippen molar-refractivity contribution in [3.05, 3.63) is 59.7 Å². The van der Waals surface area contributed by atoms with Gasteiger partial charge in [0.15, 0.2) is 0 Å². The number of aryl methyl sites for hydroxylation is 1. The van der Waals surface area contributed by atoms with Crippen LogP contribution in [0.3, 0.4) is 0 Å². The van der Waals surface area contributed by atoms with Crippen molar-refractivity contribution < 1.29 is 19.1 Å². The third-order valence-electron chi connectivity index (χ3n) is 5.86. The Bertz CT molecular complexity index is 925. The Balaban J connectivity index is 1.58. The monoisotopic (exact) mass is 452 g/mol. The van der Waals surface area contributed by atoms with Crippen molar-refractivity contribution in [2.24, 2.45) is 5.92 Å². The molecule has 1 saturated heterocycles. The SMILES string of the molecule is CCOC(=O)C1CCN(C(=O)CCN(CCc2ccccc2)C(=O)c2cnc(C)cn2)CC1. The van der Waals surface area contributed by atoms with Gasteiger partial charge in [0.05, 0.1) is 24.4 Å². The van der Waals surface area contributed by atoms with Gasteiger partial charge in [-0.15, -0.1) is 0 Å². The number of likely N-dealkylation sites (tertiary alicyclic amines) is 1. The minimum Gasteiger partial charge on any atom is -0.466 e. The molecule has 0 N–H and O–H groups in total. The van der Waals surface area contributed by atoms with Crippen molar-refractivity contribution in [3.63, 3.8) is 0 Å². The first-order valence-electron chi connectivity index (χ1n) is 11.5. The van der Waals surface area contributed by atoms with Gasteiger partial charge in [0, 0.05) is 38.8 Å². The van der Waals surface area contributed by atoms with Gasteiger partial charge in [-0.1, -0.05) is 30.3 Å². The van der Waals surface area contributed by atoms with E-state index >= 15 is 0 Å². The maximum absolute atomic E-state index is 13.1. The Hall–Kier alpha value is -3.29. The number of piperidine rings is 1. The van der Waals surface area contributed by atoms with E-state index in [9.17, 15) is 14.4 Å². The smallest absolute Gasteiger partial charge is 0.309 e. The molecule has 2 heterocycles. The maximum atomic E-state index is 13.1. The molecule has 1 aliphatic heterocycles. The fourth-order valence-corrected chi connectivity index (χ4v) is 3.90. The van der Waals surface area contributed by atoms with Crippen molar-refractivity contribution in [2.45, 2.75) is 39.5 Å². The summed E-state index contributed by atoms with van der Waals surface area (Å²) in [4.78, 5) is 49.7. The number of nitrogens with zero attached hydrogens (tertiary/aromatic N) is 4. The lowest BCUT2D eigenvalue weighted by molar-refractivity contribution is -0.151. The van der Waals surface area contributed by atoms with Gasteiger partial charge in [-0.25, -0.2) is 4.98 Å². The molecule has 8 heteroatoms. The van der Waals surface area contributed by atoms with Crippen LogP contribution < -0.4 is 0 Å². The lowest BCUT2D eigenvalue weighted by Gasteiger charge is -2.31. The van der Waals surface area contributed by atoms with E-state index in [4.69, 9.17) is 4.74 Å². The molecule has 0 spiro atoms. The second-order valence-electron chi connectivity index (χ2n) is 8.23. The minimum atomic E-state index is -0.229. The lowest BCUT2D eigenvalue weighted by atomic mass is 9.97. The summed E-state index contributed by atoms with van der Waals surface area (Å²) in [7, 11) is 0. The van der Waals surface area contributed by atoms with Crippen molar-refractivity contribution in [1.29, 1.82) is 0 Å². The Labute approximate surface area is 195 Å². The Kier molecular flexibility index (Phi) is 8.92. The summed E-state index contributed by atoms with van der Waals surface area (Å²) in [5, 5.41) is 0. The molecular formula is C25H32N4O4. The number of esters is 1. The van der Waals surface area contributed by atoms with Crippen LogP contribution in [0.5, 0.6) is 0 Å². The summed E-state index contributed by atoms with van der Waals surface area (Å²) in [5.41, 5.74) is 2.14. The number of hydrogen-bond donors (Lipinski definition) is 0. The molecule has 176 valence electrons. The second-order valence-corrected chi connectivity index (χ2v) is 8.23. The number of benzene rings is 1. The summed E-state index contributed by atoms with van der Waals surface area (Å²) < 4.78 is 5.10. The minimum absolute atomic E-state index is 0.00943. The molecule has 1 fully saturated rings. The van der Waals surface area contributed by atoms with E-state index in [-0.39, 0.29) is 35.8 Å². The van der Waals surface area contributed by atoms with Gasteiger partial charge in [0.2, 0.25) is 5.91 Å². The van der Waals surface area contributed by atoms with Crippen molar-refractivity contribution in [3.8, 4) is 0 Å². The normalized spacial score (nSPS) is 14.1. The predicted octanol–water partition coefficient (Wildman–Crippen LogP) is 2.66. The van der Waals surface area contributed by atoms with Crippen molar-refractivity contribution >= 4 is 17.8 Å². The zero-order chi connectivity index (χ0) is 23.6. The predicted molar refractivity (Wildman–Crippen MR) is 123 cm³/mol. The van der Waals surface area contributed by atoms with Crippen LogP contribution >= 0.6 is 0 Å². The zero-order valence-electron chi connectivity index (χ0n) is 19.4. The van der Waals surface area contributed by atoms with E-state index in [2.05, 4.69) is 9.97 Å². The Morgan fingerprint density at radius 1 is 1.06 bits per heavy atom. The topological polar surface area (TPSA) is 92.7 Å². The van der Waals surface area contributed by atoms with E-state index in [0.717, 1.165) is 11.3 Å². The van der Waals surface area contributed by atoms with Gasteiger partial charge in [-0.2, -0.15) is 0 Å². The summed E-state index contributed by atoms with van der Waals surface area (Å²) in [6, 6.07) is 9.94. The molecule has 8 nitrogen and oxygen atoms in total. The molecule has 3 rings (SSSR count). The third-order valence-corrected chi connectivity index (χ3v) is 5.86. The zero-order valence-corrected chi connectivity index (χ0v) is 19.4. The maximum Gasteiger partial charge on any atom is 0.309 e. The molecule has 2 aromatic rings. The molecule has 1 aliphatic rings. The van der Waals surface area contributed by atoms with Gasteiger partial charge >= 0.3 is 5.97 Å². The molecule has 0 aliphatic carbocycles. The fourth-order valence-electron chi connectivity index (χ4n) is 3.90. The lowest BCUT2D eigenvalue weighted by Crippen LogP contribution is -2.42. The van der Waals surface area contributed by atoms with Crippen LogP contribution in [0, 0.1) is 12.8 Å². The van der Waals surface area contributed by atoms with Crippen LogP contribution in [0.15, 0.2) is 42.7 Å². The summed E-state index contributed by atoms with van der Waals surface area (Å²) >= 11 is 0. The molecule has 0 saturated carbocycles. The molecule has 2 amide bonds. The van der Waals surface area contributed by atoms with Gasteiger partial charge in [-0.05, 0) is 38.7 Å². The first-order chi connectivity index (χ1) is 16.0. The average Bonchev–Trinajstić information content (AvgIpc) is 2.85. The molecule has 1 aromatic carbocycles. The number of ether oxygens (including phenoxy) is 1. The first-order valence-corrected chi connectivity index (χ1v) is 11.5. The van der Waals surface area contributed by atoms with E-state index in [1.54, 1.807) is 22.9 Å². The highest BCUT2D eigenvalue weighted by Gasteiger charge is 2.28. The van der Waals surface area contributed by atoms with E-state index in [1.165, 1.54) is 6.20 Å². The summed E-state index contributed by atoms with van der Waals surface area (Å²) in [5.74, 6) is -0.559. The van der Waals surface area contributed by atoms with Crippen LogP contribution in [-0.2, 0) is 20.7 Å². The van der Waals surface area contributed by atoms with Gasteiger partial charge in [0.1, 0.15) is 5.69 Å². The Morgan fingerprint density at radius 2 is 1.79 bits per heavy atom. The van der Waals surface area contributed by atoms with Crippen LogP contribution in [0.2, 0.25) is 0 Å². The highest BCUT2D eigenvalue weighted by Crippen LogP contribution is 2.19. The molecule has 33 heavy (non-hydrogen) atoms. The number of rotatable bonds is 9. The first kappa shape index (κ1) is 24.4. The molecule has 0 unspecified atom stereocenters. The standard InChI is InChI=1S/C25H32N4O4/c1-3-33-25(32)21-10-14-28(15-11-21)23(30)12-16-29(13-9-20-7-5-4-6-8-20)24(31)22-18-26-19(2)17-27-22/h4-8,17-18,21H,3,9-16H2,1-2H3. The largest absolute Gasteiger partial charge is 0.466 e. The second kappa shape index (κ2) is 12.1. The van der Waals surface area contributed by atoms with E-state index < -0.39 is 0 Å². The van der Waals surface area contributed by atoms with Crippen molar-refractivity contribution in [1.82, 2.24) is 19.8 Å². The molecule has 0 radical (unpaired) electrons. The van der Waals surface area contributed by atoms with Crippen LogP contribution in [0.25, 0.3) is 0 Å². The van der Waals surface area contributed by atoms with Crippen LogP contribution in [-0.4, -0.2) is 70.3 Å². The number of carbonyl (C=O) groups is 3. The quantitative estimate of drug-likeness (QED) is 0.543. The third kappa shape index (κ3) is 7.10.